The second-order valence-corrected chi connectivity index (χ2v) is 8.94. The molecule has 3 aromatic carbocycles. The van der Waals surface area contributed by atoms with Crippen LogP contribution in [0, 0.1) is 6.92 Å². The standard InChI is InChI=1S/C27H28N4OS/c1-21-14-16-23(17-15-21)26-29-30-27(31(26)24-11-6-3-7-12-24)33-20-8-13-25(32)28-19-18-22-9-4-2-5-10-22/h2-7,9-12,14-17H,8,13,18-20H2,1H3,(H,28,32). The molecule has 1 amide bonds. The van der Waals surface area contributed by atoms with Gasteiger partial charge in [0, 0.05) is 30.0 Å². The van der Waals surface area contributed by atoms with Crippen LogP contribution in [0.3, 0.4) is 0 Å². The van der Waals surface area contributed by atoms with Gasteiger partial charge in [-0.25, -0.2) is 0 Å². The van der Waals surface area contributed by atoms with E-state index in [9.17, 15) is 4.79 Å². The fourth-order valence-corrected chi connectivity index (χ4v) is 4.43. The minimum Gasteiger partial charge on any atom is -0.356 e. The zero-order valence-corrected chi connectivity index (χ0v) is 19.6. The molecule has 0 aliphatic rings. The fourth-order valence-electron chi connectivity index (χ4n) is 3.54. The molecule has 0 aliphatic heterocycles. The average Bonchev–Trinajstić information content (AvgIpc) is 3.27. The number of hydrogen-bond donors (Lipinski definition) is 1. The number of thioether (sulfide) groups is 1. The molecule has 0 unspecified atom stereocenters. The van der Waals surface area contributed by atoms with Gasteiger partial charge in [0.1, 0.15) is 0 Å². The highest BCUT2D eigenvalue weighted by Crippen LogP contribution is 2.28. The van der Waals surface area contributed by atoms with Gasteiger partial charge in [-0.1, -0.05) is 90.1 Å². The van der Waals surface area contributed by atoms with Gasteiger partial charge in [-0.05, 0) is 37.5 Å². The number of nitrogens with zero attached hydrogens (tertiary/aromatic N) is 3. The molecule has 1 heterocycles. The van der Waals surface area contributed by atoms with Crippen LogP contribution in [-0.4, -0.2) is 33.0 Å². The lowest BCUT2D eigenvalue weighted by Crippen LogP contribution is -2.25. The van der Waals surface area contributed by atoms with E-state index in [0.29, 0.717) is 13.0 Å². The Morgan fingerprint density at radius 2 is 1.61 bits per heavy atom. The molecular formula is C27H28N4OS. The van der Waals surface area contributed by atoms with Crippen molar-refractivity contribution in [3.63, 3.8) is 0 Å². The van der Waals surface area contributed by atoms with Crippen LogP contribution in [-0.2, 0) is 11.2 Å². The number of amides is 1. The molecule has 0 spiro atoms. The third kappa shape index (κ3) is 6.33. The number of aromatic nitrogens is 3. The number of carbonyl (C=O) groups excluding carboxylic acids is 1. The average molecular weight is 457 g/mol. The van der Waals surface area contributed by atoms with Gasteiger partial charge in [0.15, 0.2) is 11.0 Å². The number of benzene rings is 3. The van der Waals surface area contributed by atoms with Crippen LogP contribution in [0.2, 0.25) is 0 Å². The van der Waals surface area contributed by atoms with Crippen molar-refractivity contribution < 1.29 is 4.79 Å². The Balaban J connectivity index is 1.34. The molecule has 0 fully saturated rings. The smallest absolute Gasteiger partial charge is 0.220 e. The summed E-state index contributed by atoms with van der Waals surface area (Å²) in [5, 5.41) is 12.8. The summed E-state index contributed by atoms with van der Waals surface area (Å²) in [7, 11) is 0. The van der Waals surface area contributed by atoms with E-state index >= 15 is 0 Å². The maximum atomic E-state index is 12.2. The van der Waals surface area contributed by atoms with Crippen molar-refractivity contribution in [2.75, 3.05) is 12.3 Å². The summed E-state index contributed by atoms with van der Waals surface area (Å²) in [5.74, 6) is 1.71. The highest BCUT2D eigenvalue weighted by Gasteiger charge is 2.16. The number of rotatable bonds is 10. The van der Waals surface area contributed by atoms with E-state index in [1.54, 1.807) is 11.8 Å². The highest BCUT2D eigenvalue weighted by molar-refractivity contribution is 7.99. The maximum Gasteiger partial charge on any atom is 0.220 e. The zero-order chi connectivity index (χ0) is 22.9. The van der Waals surface area contributed by atoms with Gasteiger partial charge >= 0.3 is 0 Å². The SMILES string of the molecule is Cc1ccc(-c2nnc(SCCCC(=O)NCCc3ccccc3)n2-c2ccccc2)cc1. The summed E-state index contributed by atoms with van der Waals surface area (Å²) >= 11 is 1.63. The number of nitrogens with one attached hydrogen (secondary N) is 1. The highest BCUT2D eigenvalue weighted by atomic mass is 32.2. The van der Waals surface area contributed by atoms with Gasteiger partial charge in [0.25, 0.3) is 0 Å². The van der Waals surface area contributed by atoms with E-state index in [2.05, 4.69) is 75.5 Å². The fraction of sp³-hybridized carbons (Fsp3) is 0.222. The Kier molecular flexibility index (Phi) is 7.93. The summed E-state index contributed by atoms with van der Waals surface area (Å²) in [6.45, 7) is 2.74. The lowest BCUT2D eigenvalue weighted by Gasteiger charge is -2.10. The molecule has 5 nitrogen and oxygen atoms in total. The Hall–Kier alpha value is -3.38. The quantitative estimate of drug-likeness (QED) is 0.254. The number of carbonyl (C=O) groups is 1. The van der Waals surface area contributed by atoms with Gasteiger partial charge in [-0.3, -0.25) is 9.36 Å². The van der Waals surface area contributed by atoms with E-state index in [-0.39, 0.29) is 5.91 Å². The second kappa shape index (κ2) is 11.5. The largest absolute Gasteiger partial charge is 0.356 e. The number of para-hydroxylation sites is 1. The van der Waals surface area contributed by atoms with Crippen molar-refractivity contribution in [1.82, 2.24) is 20.1 Å². The van der Waals surface area contributed by atoms with Gasteiger partial charge in [-0.15, -0.1) is 10.2 Å². The molecular weight excluding hydrogens is 428 g/mol. The van der Waals surface area contributed by atoms with E-state index in [1.807, 2.05) is 36.4 Å². The van der Waals surface area contributed by atoms with Crippen LogP contribution in [0.15, 0.2) is 90.1 Å². The second-order valence-electron chi connectivity index (χ2n) is 7.88. The third-order valence-electron chi connectivity index (χ3n) is 5.32. The summed E-state index contributed by atoms with van der Waals surface area (Å²) < 4.78 is 2.09. The molecule has 4 rings (SSSR count). The number of hydrogen-bond acceptors (Lipinski definition) is 4. The van der Waals surface area contributed by atoms with Gasteiger partial charge in [0.2, 0.25) is 5.91 Å². The summed E-state index contributed by atoms with van der Waals surface area (Å²) in [6, 6.07) is 28.7. The van der Waals surface area contributed by atoms with E-state index in [0.717, 1.165) is 40.8 Å². The Morgan fingerprint density at radius 1 is 0.909 bits per heavy atom. The molecule has 0 saturated carbocycles. The molecule has 0 bridgehead atoms. The first-order chi connectivity index (χ1) is 16.2. The van der Waals surface area contributed by atoms with Crippen molar-refractivity contribution in [1.29, 1.82) is 0 Å². The molecule has 4 aromatic rings. The normalized spacial score (nSPS) is 10.8. The summed E-state index contributed by atoms with van der Waals surface area (Å²) in [5.41, 5.74) is 4.50. The Bertz CT molecular complexity index is 1160. The molecule has 6 heteroatoms. The van der Waals surface area contributed by atoms with Crippen LogP contribution in [0.5, 0.6) is 0 Å². The topological polar surface area (TPSA) is 59.8 Å². The zero-order valence-electron chi connectivity index (χ0n) is 18.8. The first-order valence-corrected chi connectivity index (χ1v) is 12.2. The molecule has 1 aromatic heterocycles. The van der Waals surface area contributed by atoms with Crippen molar-refractivity contribution in [2.24, 2.45) is 0 Å². The van der Waals surface area contributed by atoms with Crippen LogP contribution in [0.1, 0.15) is 24.0 Å². The first kappa shape index (κ1) is 22.8. The summed E-state index contributed by atoms with van der Waals surface area (Å²) in [4.78, 5) is 12.2. The van der Waals surface area contributed by atoms with Crippen LogP contribution in [0.4, 0.5) is 0 Å². The van der Waals surface area contributed by atoms with Crippen LogP contribution < -0.4 is 5.32 Å². The molecule has 0 radical (unpaired) electrons. The predicted molar refractivity (Wildman–Crippen MR) is 135 cm³/mol. The van der Waals surface area contributed by atoms with E-state index in [1.165, 1.54) is 11.1 Å². The van der Waals surface area contributed by atoms with Gasteiger partial charge in [-0.2, -0.15) is 0 Å². The molecule has 0 atom stereocenters. The molecule has 1 N–H and O–H groups in total. The minimum absolute atomic E-state index is 0.0939. The Morgan fingerprint density at radius 3 is 2.33 bits per heavy atom. The van der Waals surface area contributed by atoms with Gasteiger partial charge in [0.05, 0.1) is 0 Å². The molecule has 33 heavy (non-hydrogen) atoms. The van der Waals surface area contributed by atoms with E-state index in [4.69, 9.17) is 0 Å². The van der Waals surface area contributed by atoms with E-state index < -0.39 is 0 Å². The predicted octanol–water partition coefficient (Wildman–Crippen LogP) is 5.47. The maximum absolute atomic E-state index is 12.2. The lowest BCUT2D eigenvalue weighted by atomic mass is 10.1. The molecule has 168 valence electrons. The number of aryl methyl sites for hydroxylation is 1. The van der Waals surface area contributed by atoms with Crippen molar-refractivity contribution in [2.45, 2.75) is 31.3 Å². The van der Waals surface area contributed by atoms with Crippen LogP contribution >= 0.6 is 11.8 Å². The third-order valence-corrected chi connectivity index (χ3v) is 6.33. The summed E-state index contributed by atoms with van der Waals surface area (Å²) in [6.07, 6.45) is 2.14. The monoisotopic (exact) mass is 456 g/mol. The first-order valence-electron chi connectivity index (χ1n) is 11.2. The van der Waals surface area contributed by atoms with Crippen molar-refractivity contribution in [3.05, 3.63) is 96.1 Å². The van der Waals surface area contributed by atoms with Crippen molar-refractivity contribution in [3.8, 4) is 17.1 Å². The lowest BCUT2D eigenvalue weighted by molar-refractivity contribution is -0.121. The molecule has 0 saturated heterocycles. The van der Waals surface area contributed by atoms with Crippen LogP contribution in [0.25, 0.3) is 17.1 Å². The Labute approximate surface area is 199 Å². The van der Waals surface area contributed by atoms with Crippen molar-refractivity contribution >= 4 is 17.7 Å². The minimum atomic E-state index is 0.0939. The van der Waals surface area contributed by atoms with Gasteiger partial charge < -0.3 is 5.32 Å². The molecule has 0 aliphatic carbocycles.